The molecule has 1 atom stereocenters. The van der Waals surface area contributed by atoms with Crippen LogP contribution in [0.15, 0.2) is 18.2 Å². The second-order valence-corrected chi connectivity index (χ2v) is 7.69. The Morgan fingerprint density at radius 2 is 1.95 bits per heavy atom. The lowest BCUT2D eigenvalue weighted by atomic mass is 10.0. The first-order chi connectivity index (χ1) is 10.1. The minimum atomic E-state index is -3.39. The molecule has 7 heteroatoms. The molecule has 0 aliphatic heterocycles. The maximum Gasteiger partial charge on any atom is 0.251 e. The fourth-order valence-corrected chi connectivity index (χ4v) is 2.74. The summed E-state index contributed by atoms with van der Waals surface area (Å²) in [7, 11) is -3.39. The zero-order chi connectivity index (χ0) is 16.9. The number of aryl methyl sites for hydroxylation is 1. The van der Waals surface area contributed by atoms with Crippen LogP contribution in [-0.4, -0.2) is 33.2 Å². The zero-order valence-electron chi connectivity index (χ0n) is 13.5. The van der Waals surface area contributed by atoms with E-state index < -0.39 is 10.0 Å². The highest BCUT2D eigenvalue weighted by atomic mass is 32.2. The molecular weight excluding hydrogens is 302 g/mol. The van der Waals surface area contributed by atoms with Crippen LogP contribution in [0.5, 0.6) is 0 Å². The van der Waals surface area contributed by atoms with Gasteiger partial charge in [0.05, 0.1) is 11.9 Å². The molecule has 0 aromatic heterocycles. The van der Waals surface area contributed by atoms with Gasteiger partial charge < -0.3 is 11.1 Å². The van der Waals surface area contributed by atoms with Crippen molar-refractivity contribution in [3.63, 3.8) is 0 Å². The van der Waals surface area contributed by atoms with E-state index in [9.17, 15) is 13.2 Å². The van der Waals surface area contributed by atoms with Crippen molar-refractivity contribution in [3.8, 4) is 0 Å². The van der Waals surface area contributed by atoms with Crippen LogP contribution in [0.25, 0.3) is 0 Å². The second-order valence-electron chi connectivity index (χ2n) is 5.94. The van der Waals surface area contributed by atoms with Gasteiger partial charge in [-0.05, 0) is 37.0 Å². The van der Waals surface area contributed by atoms with E-state index in [4.69, 9.17) is 5.73 Å². The van der Waals surface area contributed by atoms with Crippen molar-refractivity contribution in [2.45, 2.75) is 33.2 Å². The average molecular weight is 327 g/mol. The summed E-state index contributed by atoms with van der Waals surface area (Å²) in [6.07, 6.45) is 1.87. The van der Waals surface area contributed by atoms with Gasteiger partial charge in [0.25, 0.3) is 5.91 Å². The van der Waals surface area contributed by atoms with Gasteiger partial charge in [-0.15, -0.1) is 0 Å². The lowest BCUT2D eigenvalue weighted by molar-refractivity contribution is 0.0934. The van der Waals surface area contributed by atoms with Gasteiger partial charge in [-0.2, -0.15) is 0 Å². The fourth-order valence-electron chi connectivity index (χ4n) is 2.12. The molecular formula is C15H25N3O3S. The molecule has 0 saturated carbocycles. The average Bonchev–Trinajstić information content (AvgIpc) is 2.38. The summed E-state index contributed by atoms with van der Waals surface area (Å²) in [6, 6.07) is 4.82. The number of amides is 1. The summed E-state index contributed by atoms with van der Waals surface area (Å²) in [6.45, 7) is 6.27. The molecule has 124 valence electrons. The second kappa shape index (κ2) is 7.60. The van der Waals surface area contributed by atoms with E-state index in [0.29, 0.717) is 23.7 Å². The molecule has 1 amide bonds. The van der Waals surface area contributed by atoms with Crippen LogP contribution in [0.2, 0.25) is 0 Å². The molecule has 0 saturated heterocycles. The van der Waals surface area contributed by atoms with E-state index in [1.807, 2.05) is 0 Å². The highest BCUT2D eigenvalue weighted by Gasteiger charge is 2.15. The molecule has 1 unspecified atom stereocenters. The Kier molecular flexibility index (Phi) is 6.37. The van der Waals surface area contributed by atoms with Gasteiger partial charge in [0.15, 0.2) is 0 Å². The Morgan fingerprint density at radius 1 is 1.32 bits per heavy atom. The van der Waals surface area contributed by atoms with E-state index in [-0.39, 0.29) is 11.9 Å². The predicted octanol–water partition coefficient (Wildman–Crippen LogP) is 1.47. The van der Waals surface area contributed by atoms with E-state index in [2.05, 4.69) is 23.9 Å². The van der Waals surface area contributed by atoms with Crippen LogP contribution in [0.1, 0.15) is 36.2 Å². The van der Waals surface area contributed by atoms with E-state index in [0.717, 1.165) is 18.2 Å². The minimum absolute atomic E-state index is 0.0971. The van der Waals surface area contributed by atoms with Crippen molar-refractivity contribution >= 4 is 21.6 Å². The molecule has 1 aromatic carbocycles. The maximum absolute atomic E-state index is 12.3. The monoisotopic (exact) mass is 327 g/mol. The van der Waals surface area contributed by atoms with Crippen LogP contribution in [0, 0.1) is 12.8 Å². The number of carbonyl (C=O) groups is 1. The molecule has 0 fully saturated rings. The van der Waals surface area contributed by atoms with Crippen molar-refractivity contribution < 1.29 is 13.2 Å². The lowest BCUT2D eigenvalue weighted by Gasteiger charge is -2.19. The molecule has 0 aliphatic rings. The first kappa shape index (κ1) is 18.4. The SMILES string of the molecule is Cc1ccc(C(=O)NC(CN)CC(C)C)cc1NS(C)(=O)=O. The Labute approximate surface area is 132 Å². The standard InChI is InChI=1S/C15H25N3O3S/c1-10(2)7-13(9-16)17-15(19)12-6-5-11(3)14(8-12)18-22(4,20)21/h5-6,8,10,13,18H,7,9,16H2,1-4H3,(H,17,19). The summed E-state index contributed by atoms with van der Waals surface area (Å²) in [5.41, 5.74) is 7.24. The van der Waals surface area contributed by atoms with Crippen molar-refractivity contribution in [3.05, 3.63) is 29.3 Å². The summed E-state index contributed by atoms with van der Waals surface area (Å²) < 4.78 is 25.1. The normalized spacial score (nSPS) is 13.0. The van der Waals surface area contributed by atoms with Crippen LogP contribution in [0.4, 0.5) is 5.69 Å². The predicted molar refractivity (Wildman–Crippen MR) is 89.4 cm³/mol. The third kappa shape index (κ3) is 6.03. The van der Waals surface area contributed by atoms with Gasteiger partial charge in [0, 0.05) is 18.2 Å². The number of nitrogens with two attached hydrogens (primary N) is 1. The van der Waals surface area contributed by atoms with Gasteiger partial charge in [0.1, 0.15) is 0 Å². The third-order valence-electron chi connectivity index (χ3n) is 3.17. The van der Waals surface area contributed by atoms with Gasteiger partial charge in [-0.25, -0.2) is 8.42 Å². The first-order valence-electron chi connectivity index (χ1n) is 7.21. The summed E-state index contributed by atoms with van der Waals surface area (Å²) >= 11 is 0. The number of nitrogens with one attached hydrogen (secondary N) is 2. The summed E-state index contributed by atoms with van der Waals surface area (Å²) in [5, 5.41) is 2.88. The number of anilines is 1. The Hall–Kier alpha value is -1.60. The molecule has 0 aliphatic carbocycles. The molecule has 0 spiro atoms. The number of carbonyl (C=O) groups excluding carboxylic acids is 1. The number of rotatable bonds is 7. The van der Waals surface area contributed by atoms with Crippen molar-refractivity contribution in [2.75, 3.05) is 17.5 Å². The van der Waals surface area contributed by atoms with Crippen LogP contribution in [-0.2, 0) is 10.0 Å². The quantitative estimate of drug-likeness (QED) is 0.706. The Bertz CT molecular complexity index is 627. The van der Waals surface area contributed by atoms with Crippen molar-refractivity contribution in [1.29, 1.82) is 0 Å². The molecule has 0 bridgehead atoms. The summed E-state index contributed by atoms with van der Waals surface area (Å²) in [5.74, 6) is 0.169. The van der Waals surface area contributed by atoms with Crippen LogP contribution >= 0.6 is 0 Å². The van der Waals surface area contributed by atoms with E-state index >= 15 is 0 Å². The van der Waals surface area contributed by atoms with Gasteiger partial charge >= 0.3 is 0 Å². The molecule has 1 rings (SSSR count). The highest BCUT2D eigenvalue weighted by molar-refractivity contribution is 7.92. The van der Waals surface area contributed by atoms with E-state index in [1.54, 1.807) is 19.1 Å². The molecule has 1 aromatic rings. The van der Waals surface area contributed by atoms with E-state index in [1.165, 1.54) is 6.07 Å². The Morgan fingerprint density at radius 3 is 2.45 bits per heavy atom. The molecule has 22 heavy (non-hydrogen) atoms. The smallest absolute Gasteiger partial charge is 0.251 e. The highest BCUT2D eigenvalue weighted by Crippen LogP contribution is 2.18. The van der Waals surface area contributed by atoms with Gasteiger partial charge in [-0.3, -0.25) is 9.52 Å². The van der Waals surface area contributed by atoms with Crippen molar-refractivity contribution in [1.82, 2.24) is 5.32 Å². The lowest BCUT2D eigenvalue weighted by Crippen LogP contribution is -2.41. The van der Waals surface area contributed by atoms with Crippen LogP contribution in [0.3, 0.4) is 0 Å². The molecule has 4 N–H and O–H groups in total. The zero-order valence-corrected chi connectivity index (χ0v) is 14.3. The molecule has 0 heterocycles. The van der Waals surface area contributed by atoms with Crippen molar-refractivity contribution in [2.24, 2.45) is 11.7 Å². The third-order valence-corrected chi connectivity index (χ3v) is 3.76. The molecule has 0 radical (unpaired) electrons. The molecule has 6 nitrogen and oxygen atoms in total. The van der Waals surface area contributed by atoms with Gasteiger partial charge in [0.2, 0.25) is 10.0 Å². The topological polar surface area (TPSA) is 101 Å². The van der Waals surface area contributed by atoms with Gasteiger partial charge in [-0.1, -0.05) is 19.9 Å². The minimum Gasteiger partial charge on any atom is -0.348 e. The number of benzene rings is 1. The first-order valence-corrected chi connectivity index (χ1v) is 9.11. The largest absolute Gasteiger partial charge is 0.348 e. The number of hydrogen-bond donors (Lipinski definition) is 3. The number of sulfonamides is 1. The Balaban J connectivity index is 2.92. The van der Waals surface area contributed by atoms with Crippen LogP contribution < -0.4 is 15.8 Å². The maximum atomic E-state index is 12.3. The number of hydrogen-bond acceptors (Lipinski definition) is 4. The fraction of sp³-hybridized carbons (Fsp3) is 0.533. The summed E-state index contributed by atoms with van der Waals surface area (Å²) in [4.78, 5) is 12.3.